The molecule has 0 aliphatic carbocycles. The Hall–Kier alpha value is -2.53. The van der Waals surface area contributed by atoms with Crippen LogP contribution in [-0.2, 0) is 19.6 Å². The summed E-state index contributed by atoms with van der Waals surface area (Å²) in [5.41, 5.74) is -0.285. The van der Waals surface area contributed by atoms with Crippen LogP contribution in [0.4, 0.5) is 13.2 Å². The van der Waals surface area contributed by atoms with Crippen LogP contribution < -0.4 is 5.32 Å². The number of alkyl halides is 3. The van der Waals surface area contributed by atoms with E-state index in [9.17, 15) is 18.0 Å². The Morgan fingerprint density at radius 3 is 2.85 bits per heavy atom. The fraction of sp³-hybridized carbons (Fsp3) is 0.250. The van der Waals surface area contributed by atoms with E-state index >= 15 is 0 Å². The number of benzene rings is 1. The van der Waals surface area contributed by atoms with Crippen LogP contribution in [0.1, 0.15) is 21.9 Å². The van der Waals surface area contributed by atoms with Gasteiger partial charge in [-0.25, -0.2) is 4.98 Å². The van der Waals surface area contributed by atoms with Crippen LogP contribution in [0.15, 0.2) is 29.6 Å². The van der Waals surface area contributed by atoms with Crippen LogP contribution in [0.2, 0.25) is 0 Å². The second-order valence-electron chi connectivity index (χ2n) is 5.63. The highest BCUT2D eigenvalue weighted by Gasteiger charge is 2.30. The molecular weight excluding hydrogens is 399 g/mol. The van der Waals surface area contributed by atoms with E-state index < -0.39 is 17.6 Å². The van der Waals surface area contributed by atoms with Crippen molar-refractivity contribution < 1.29 is 18.0 Å². The smallest absolute Gasteiger partial charge is 0.350 e. The van der Waals surface area contributed by atoms with E-state index in [0.717, 1.165) is 23.5 Å². The molecule has 0 aliphatic rings. The minimum absolute atomic E-state index is 0.155. The van der Waals surface area contributed by atoms with Crippen LogP contribution in [0.5, 0.6) is 0 Å². The molecule has 6 nitrogen and oxygen atoms in total. The summed E-state index contributed by atoms with van der Waals surface area (Å²) in [6.45, 7) is 0.322. The third kappa shape index (κ3) is 4.42. The van der Waals surface area contributed by atoms with Gasteiger partial charge in [0.1, 0.15) is 16.5 Å². The lowest BCUT2D eigenvalue weighted by Crippen LogP contribution is -2.26. The molecule has 2 N–H and O–H groups in total. The van der Waals surface area contributed by atoms with Gasteiger partial charge in [0.2, 0.25) is 0 Å². The van der Waals surface area contributed by atoms with Gasteiger partial charge in [0, 0.05) is 31.0 Å². The van der Waals surface area contributed by atoms with Crippen LogP contribution >= 0.6 is 23.6 Å². The maximum atomic E-state index is 12.8. The van der Waals surface area contributed by atoms with Crippen molar-refractivity contribution >= 4 is 29.5 Å². The average Bonchev–Trinajstić information content (AvgIpc) is 3.24. The minimum Gasteiger partial charge on any atom is -0.350 e. The van der Waals surface area contributed by atoms with E-state index in [1.807, 2.05) is 0 Å². The topological polar surface area (TPSA) is 75.6 Å². The molecule has 142 valence electrons. The Morgan fingerprint density at radius 1 is 1.41 bits per heavy atom. The number of H-pyrrole nitrogens is 1. The Morgan fingerprint density at radius 2 is 2.19 bits per heavy atom. The highest BCUT2D eigenvalue weighted by Crippen LogP contribution is 2.33. The van der Waals surface area contributed by atoms with Gasteiger partial charge in [-0.1, -0.05) is 12.1 Å². The van der Waals surface area contributed by atoms with Crippen molar-refractivity contribution in [2.75, 3.05) is 6.54 Å². The summed E-state index contributed by atoms with van der Waals surface area (Å²) in [4.78, 5) is 16.3. The number of carbonyl (C=O) groups is 1. The van der Waals surface area contributed by atoms with Gasteiger partial charge in [0.05, 0.1) is 5.56 Å². The van der Waals surface area contributed by atoms with Crippen LogP contribution in [0.3, 0.4) is 0 Å². The zero-order valence-electron chi connectivity index (χ0n) is 14.0. The van der Waals surface area contributed by atoms with Crippen molar-refractivity contribution in [3.05, 3.63) is 51.5 Å². The minimum atomic E-state index is -4.43. The lowest BCUT2D eigenvalue weighted by molar-refractivity contribution is -0.137. The predicted octanol–water partition coefficient (Wildman–Crippen LogP) is 3.59. The quantitative estimate of drug-likeness (QED) is 0.627. The largest absolute Gasteiger partial charge is 0.416 e. The zero-order valence-corrected chi connectivity index (χ0v) is 15.6. The molecule has 0 atom stereocenters. The Kier molecular flexibility index (Phi) is 5.42. The molecule has 1 aromatic carbocycles. The maximum absolute atomic E-state index is 12.8. The average molecular weight is 413 g/mol. The molecule has 2 heterocycles. The predicted molar refractivity (Wildman–Crippen MR) is 97.0 cm³/mol. The van der Waals surface area contributed by atoms with Crippen molar-refractivity contribution in [2.24, 2.45) is 7.05 Å². The molecule has 0 fully saturated rings. The first-order chi connectivity index (χ1) is 12.8. The summed E-state index contributed by atoms with van der Waals surface area (Å²) in [6.07, 6.45) is -3.96. The molecule has 0 radical (unpaired) electrons. The maximum Gasteiger partial charge on any atom is 0.416 e. The summed E-state index contributed by atoms with van der Waals surface area (Å²) in [5, 5.41) is 11.3. The van der Waals surface area contributed by atoms with E-state index in [0.29, 0.717) is 34.1 Å². The van der Waals surface area contributed by atoms with Gasteiger partial charge in [-0.3, -0.25) is 9.89 Å². The molecule has 0 unspecified atom stereocenters. The number of nitrogens with zero attached hydrogens (tertiary/aromatic N) is 3. The molecular formula is C16H14F3N5OS2. The third-order valence-corrected chi connectivity index (χ3v) is 5.04. The molecule has 3 aromatic rings. The summed E-state index contributed by atoms with van der Waals surface area (Å²) in [5.74, 6) is 0.296. The molecule has 2 aromatic heterocycles. The van der Waals surface area contributed by atoms with Crippen LogP contribution in [-0.4, -0.2) is 32.2 Å². The van der Waals surface area contributed by atoms with Crippen molar-refractivity contribution in [1.82, 2.24) is 25.1 Å². The number of thiazole rings is 1. The fourth-order valence-electron chi connectivity index (χ4n) is 2.32. The van der Waals surface area contributed by atoms with E-state index in [1.165, 1.54) is 17.5 Å². The van der Waals surface area contributed by atoms with Crippen LogP contribution in [0, 0.1) is 4.77 Å². The second kappa shape index (κ2) is 7.61. The summed E-state index contributed by atoms with van der Waals surface area (Å²) in [6, 6.07) is 4.86. The first-order valence-corrected chi connectivity index (χ1v) is 9.06. The SMILES string of the molecule is Cn1c(CCNC(=O)c2csc(-c3cccc(C(F)(F)F)c3)n2)n[nH]c1=S. The van der Waals surface area contributed by atoms with E-state index in [1.54, 1.807) is 11.6 Å². The molecule has 11 heteroatoms. The third-order valence-electron chi connectivity index (χ3n) is 3.78. The van der Waals surface area contributed by atoms with Crippen molar-refractivity contribution in [3.63, 3.8) is 0 Å². The van der Waals surface area contributed by atoms with Crippen molar-refractivity contribution in [2.45, 2.75) is 12.6 Å². The number of amides is 1. The Labute approximate surface area is 161 Å². The van der Waals surface area contributed by atoms with Crippen molar-refractivity contribution in [3.8, 4) is 10.6 Å². The number of hydrogen-bond acceptors (Lipinski definition) is 5. The van der Waals surface area contributed by atoms with Gasteiger partial charge in [-0.15, -0.1) is 11.3 Å². The number of hydrogen-bond donors (Lipinski definition) is 2. The number of aromatic amines is 1. The molecule has 0 saturated heterocycles. The van der Waals surface area contributed by atoms with Gasteiger partial charge in [-0.2, -0.15) is 18.3 Å². The van der Waals surface area contributed by atoms with Gasteiger partial charge >= 0.3 is 6.18 Å². The fourth-order valence-corrected chi connectivity index (χ4v) is 3.27. The number of carbonyl (C=O) groups excluding carboxylic acids is 1. The van der Waals surface area contributed by atoms with E-state index in [4.69, 9.17) is 12.2 Å². The van der Waals surface area contributed by atoms with Gasteiger partial charge < -0.3 is 9.88 Å². The highest BCUT2D eigenvalue weighted by atomic mass is 32.1. The number of nitrogens with one attached hydrogen (secondary N) is 2. The molecule has 0 saturated carbocycles. The van der Waals surface area contributed by atoms with Crippen molar-refractivity contribution in [1.29, 1.82) is 0 Å². The van der Waals surface area contributed by atoms with E-state index in [2.05, 4.69) is 20.5 Å². The van der Waals surface area contributed by atoms with Crippen LogP contribution in [0.25, 0.3) is 10.6 Å². The lowest BCUT2D eigenvalue weighted by Gasteiger charge is -2.07. The molecule has 1 amide bonds. The molecule has 27 heavy (non-hydrogen) atoms. The lowest BCUT2D eigenvalue weighted by atomic mass is 10.1. The summed E-state index contributed by atoms with van der Waals surface area (Å²) < 4.78 is 40.7. The Bertz CT molecular complexity index is 1020. The van der Waals surface area contributed by atoms with E-state index in [-0.39, 0.29) is 5.69 Å². The number of rotatable bonds is 5. The molecule has 0 aliphatic heterocycles. The normalized spacial score (nSPS) is 11.6. The second-order valence-corrected chi connectivity index (χ2v) is 6.87. The number of aromatic nitrogens is 4. The summed E-state index contributed by atoms with van der Waals surface area (Å²) >= 11 is 6.12. The monoisotopic (exact) mass is 413 g/mol. The standard InChI is InChI=1S/C16H14F3N5OS2/c1-24-12(22-23-15(24)26)5-6-20-13(25)11-8-27-14(21-11)9-3-2-4-10(7-9)16(17,18)19/h2-4,7-8H,5-6H2,1H3,(H,20,25)(H,23,26). The molecule has 3 rings (SSSR count). The first-order valence-electron chi connectivity index (χ1n) is 7.77. The zero-order chi connectivity index (χ0) is 19.6. The first kappa shape index (κ1) is 19.2. The molecule has 0 bridgehead atoms. The Balaban J connectivity index is 1.66. The number of halogens is 3. The molecule has 0 spiro atoms. The van der Waals surface area contributed by atoms with Gasteiger partial charge in [0.15, 0.2) is 4.77 Å². The van der Waals surface area contributed by atoms with Gasteiger partial charge in [-0.05, 0) is 24.4 Å². The highest BCUT2D eigenvalue weighted by molar-refractivity contribution is 7.71. The summed E-state index contributed by atoms with van der Waals surface area (Å²) in [7, 11) is 1.77. The van der Waals surface area contributed by atoms with Gasteiger partial charge in [0.25, 0.3) is 5.91 Å².